The zero-order valence-electron chi connectivity index (χ0n) is 22.4. The lowest BCUT2D eigenvalue weighted by molar-refractivity contribution is -0.145. The van der Waals surface area contributed by atoms with Crippen molar-refractivity contribution in [3.63, 3.8) is 0 Å². The molecule has 2 unspecified atom stereocenters. The quantitative estimate of drug-likeness (QED) is 0.221. The normalized spacial score (nSPS) is 12.6. The number of nitrogens with one attached hydrogen (secondary N) is 2. The predicted octanol–water partition coefficient (Wildman–Crippen LogP) is 0.401. The molecule has 1 aromatic rings. The molecule has 13 heteroatoms. The number of rotatable bonds is 13. The third kappa shape index (κ3) is 10.2. The molecule has 0 aliphatic heterocycles. The number of ether oxygens (including phenoxy) is 2. The topological polar surface area (TPSA) is 198 Å². The number of hydrogen-bond acceptors (Lipinski definition) is 9. The lowest BCUT2D eigenvalue weighted by Gasteiger charge is -2.34. The Bertz CT molecular complexity index is 1010. The van der Waals surface area contributed by atoms with Crippen LogP contribution in [-0.4, -0.2) is 82.8 Å². The predicted molar refractivity (Wildman–Crippen MR) is 136 cm³/mol. The third-order valence-electron chi connectivity index (χ3n) is 5.08. The largest absolute Gasteiger partial charge is 0.507 e. The summed E-state index contributed by atoms with van der Waals surface area (Å²) in [5, 5.41) is 25.3. The molecule has 6 N–H and O–H groups in total. The van der Waals surface area contributed by atoms with E-state index < -0.39 is 67.0 Å². The molecule has 0 heterocycles. The Morgan fingerprint density at radius 1 is 1.16 bits per heavy atom. The molecule has 0 bridgehead atoms. The molecule has 0 spiro atoms. The summed E-state index contributed by atoms with van der Waals surface area (Å²) in [6.07, 6.45) is -1.78. The molecule has 0 radical (unpaired) electrons. The number of primary amides is 1. The SMILES string of the molecule is CCOC(=O)CCNC(=O)C(c1cccc(C)c1O)N(CCO)C(=O)C(CC(N)=O)NC(=O)OC(C)(C)C. The number of hydrogen-bond donors (Lipinski definition) is 5. The van der Waals surface area contributed by atoms with Crippen LogP contribution >= 0.6 is 0 Å². The van der Waals surface area contributed by atoms with Crippen LogP contribution in [0.1, 0.15) is 57.7 Å². The molecule has 1 rings (SSSR count). The van der Waals surface area contributed by atoms with E-state index in [1.54, 1.807) is 46.8 Å². The van der Waals surface area contributed by atoms with Crippen molar-refractivity contribution in [2.45, 2.75) is 65.1 Å². The first kappa shape index (κ1) is 32.2. The fourth-order valence-corrected chi connectivity index (χ4v) is 3.50. The lowest BCUT2D eigenvalue weighted by atomic mass is 9.99. The highest BCUT2D eigenvalue weighted by atomic mass is 16.6. The van der Waals surface area contributed by atoms with Gasteiger partial charge in [-0.25, -0.2) is 4.79 Å². The number of esters is 1. The Hall–Kier alpha value is -3.87. The summed E-state index contributed by atoms with van der Waals surface area (Å²) in [6, 6.07) is 1.51. The van der Waals surface area contributed by atoms with Crippen LogP contribution in [0.5, 0.6) is 5.75 Å². The van der Waals surface area contributed by atoms with Gasteiger partial charge in [0.15, 0.2) is 0 Å². The molecule has 1 aromatic carbocycles. The van der Waals surface area contributed by atoms with Crippen molar-refractivity contribution in [1.29, 1.82) is 0 Å². The maximum atomic E-state index is 13.7. The Labute approximate surface area is 221 Å². The molecule has 212 valence electrons. The first-order chi connectivity index (χ1) is 17.7. The van der Waals surface area contributed by atoms with E-state index in [-0.39, 0.29) is 30.9 Å². The zero-order valence-corrected chi connectivity index (χ0v) is 22.4. The molecule has 0 aliphatic carbocycles. The van der Waals surface area contributed by atoms with Crippen LogP contribution in [0.2, 0.25) is 0 Å². The van der Waals surface area contributed by atoms with E-state index in [1.165, 1.54) is 6.07 Å². The van der Waals surface area contributed by atoms with Gasteiger partial charge >= 0.3 is 12.1 Å². The summed E-state index contributed by atoms with van der Waals surface area (Å²) in [4.78, 5) is 63.8. The first-order valence-corrected chi connectivity index (χ1v) is 12.1. The molecule has 38 heavy (non-hydrogen) atoms. The van der Waals surface area contributed by atoms with Crippen molar-refractivity contribution in [2.75, 3.05) is 26.3 Å². The van der Waals surface area contributed by atoms with Crippen molar-refractivity contribution in [1.82, 2.24) is 15.5 Å². The van der Waals surface area contributed by atoms with Crippen molar-refractivity contribution in [2.24, 2.45) is 5.73 Å². The number of para-hydroxylation sites is 1. The molecule has 0 aliphatic rings. The van der Waals surface area contributed by atoms with E-state index in [0.717, 1.165) is 4.90 Å². The van der Waals surface area contributed by atoms with Gasteiger partial charge in [0.2, 0.25) is 17.7 Å². The Balaban J connectivity index is 3.44. The van der Waals surface area contributed by atoms with E-state index in [0.29, 0.717) is 5.56 Å². The number of amides is 4. The highest BCUT2D eigenvalue weighted by molar-refractivity contribution is 5.95. The second-order valence-electron chi connectivity index (χ2n) is 9.39. The third-order valence-corrected chi connectivity index (χ3v) is 5.08. The van der Waals surface area contributed by atoms with Gasteiger partial charge in [0.25, 0.3) is 0 Å². The fourth-order valence-electron chi connectivity index (χ4n) is 3.50. The zero-order chi connectivity index (χ0) is 29.0. The van der Waals surface area contributed by atoms with E-state index in [1.807, 2.05) is 0 Å². The highest BCUT2D eigenvalue weighted by Crippen LogP contribution is 2.32. The van der Waals surface area contributed by atoms with Gasteiger partial charge in [-0.1, -0.05) is 18.2 Å². The second kappa shape index (κ2) is 14.8. The van der Waals surface area contributed by atoms with E-state index in [2.05, 4.69) is 10.6 Å². The molecule has 0 saturated heterocycles. The van der Waals surface area contributed by atoms with Crippen LogP contribution in [0.3, 0.4) is 0 Å². The summed E-state index contributed by atoms with van der Waals surface area (Å²) in [5.74, 6) is -3.46. The number of aliphatic hydroxyl groups excluding tert-OH is 1. The molecule has 4 amide bonds. The van der Waals surface area contributed by atoms with Gasteiger partial charge in [0.1, 0.15) is 23.4 Å². The number of carbonyl (C=O) groups excluding carboxylic acids is 5. The van der Waals surface area contributed by atoms with Gasteiger partial charge in [0.05, 0.1) is 26.1 Å². The number of nitrogens with zero attached hydrogens (tertiary/aromatic N) is 1. The minimum atomic E-state index is -1.55. The minimum Gasteiger partial charge on any atom is -0.507 e. The molecule has 13 nitrogen and oxygen atoms in total. The van der Waals surface area contributed by atoms with Gasteiger partial charge in [-0.05, 0) is 40.2 Å². The average Bonchev–Trinajstić information content (AvgIpc) is 2.79. The first-order valence-electron chi connectivity index (χ1n) is 12.1. The Morgan fingerprint density at radius 3 is 2.37 bits per heavy atom. The van der Waals surface area contributed by atoms with Gasteiger partial charge in [-0.2, -0.15) is 0 Å². The maximum Gasteiger partial charge on any atom is 0.408 e. The summed E-state index contributed by atoms with van der Waals surface area (Å²) in [5.41, 5.74) is 4.82. The summed E-state index contributed by atoms with van der Waals surface area (Å²) in [6.45, 7) is 7.06. The Morgan fingerprint density at radius 2 is 1.82 bits per heavy atom. The molecule has 0 saturated carbocycles. The van der Waals surface area contributed by atoms with Crippen LogP contribution in [0.25, 0.3) is 0 Å². The van der Waals surface area contributed by atoms with Gasteiger partial charge < -0.3 is 41.0 Å². The summed E-state index contributed by atoms with van der Waals surface area (Å²) in [7, 11) is 0. The highest BCUT2D eigenvalue weighted by Gasteiger charge is 2.38. The molecule has 2 atom stereocenters. The smallest absolute Gasteiger partial charge is 0.408 e. The van der Waals surface area contributed by atoms with E-state index in [9.17, 15) is 34.2 Å². The minimum absolute atomic E-state index is 0.0236. The van der Waals surface area contributed by atoms with E-state index >= 15 is 0 Å². The molecular formula is C25H38N4O9. The van der Waals surface area contributed by atoms with E-state index in [4.69, 9.17) is 15.2 Å². The fraction of sp³-hybridized carbons (Fsp3) is 0.560. The number of nitrogens with two attached hydrogens (primary N) is 1. The number of phenolic OH excluding ortho intramolecular Hbond substituents is 1. The van der Waals surface area contributed by atoms with Crippen LogP contribution in [-0.2, 0) is 28.7 Å². The summed E-state index contributed by atoms with van der Waals surface area (Å²) < 4.78 is 10.0. The lowest BCUT2D eigenvalue weighted by Crippen LogP contribution is -2.54. The molecule has 0 fully saturated rings. The number of carbonyl (C=O) groups is 5. The average molecular weight is 539 g/mol. The van der Waals surface area contributed by atoms with Gasteiger partial charge in [-0.3, -0.25) is 19.2 Å². The van der Waals surface area contributed by atoms with Crippen LogP contribution in [0, 0.1) is 6.92 Å². The Kier molecular flexibility index (Phi) is 12.5. The van der Waals surface area contributed by atoms with Crippen LogP contribution in [0.15, 0.2) is 18.2 Å². The standard InChI is InChI=1S/C25H38N4O9/c1-6-37-19(32)10-11-27-22(34)20(16-9-7-8-15(2)21(16)33)29(12-13-30)23(35)17(14-18(26)31)28-24(36)38-25(3,4)5/h7-9,17,20,30,33H,6,10-14H2,1-5H3,(H2,26,31)(H,27,34)(H,28,36). The van der Waals surface area contributed by atoms with Crippen molar-refractivity contribution in [3.05, 3.63) is 29.3 Å². The van der Waals surface area contributed by atoms with Crippen molar-refractivity contribution < 1.29 is 43.7 Å². The van der Waals surface area contributed by atoms with Crippen LogP contribution < -0.4 is 16.4 Å². The molecule has 0 aromatic heterocycles. The molecular weight excluding hydrogens is 500 g/mol. The summed E-state index contributed by atoms with van der Waals surface area (Å²) >= 11 is 0. The number of benzene rings is 1. The second-order valence-corrected chi connectivity index (χ2v) is 9.39. The van der Waals surface area contributed by atoms with Crippen LogP contribution in [0.4, 0.5) is 4.79 Å². The number of aliphatic hydroxyl groups is 1. The number of aryl methyl sites for hydroxylation is 1. The number of aromatic hydroxyl groups is 1. The van der Waals surface area contributed by atoms with Gasteiger partial charge in [-0.15, -0.1) is 0 Å². The number of phenols is 1. The van der Waals surface area contributed by atoms with Crippen molar-refractivity contribution >= 4 is 29.8 Å². The number of alkyl carbamates (subject to hydrolysis) is 1. The maximum absolute atomic E-state index is 13.7. The van der Waals surface area contributed by atoms with Crippen molar-refractivity contribution in [3.8, 4) is 5.75 Å². The van der Waals surface area contributed by atoms with Gasteiger partial charge in [0, 0.05) is 18.7 Å². The monoisotopic (exact) mass is 538 g/mol.